The Bertz CT molecular complexity index is 515. The molecule has 2 heterocycles. The Balaban J connectivity index is 1.89. The van der Waals surface area contributed by atoms with Crippen molar-refractivity contribution in [3.8, 4) is 0 Å². The molecule has 2 rings (SSSR count). The van der Waals surface area contributed by atoms with E-state index < -0.39 is 0 Å². The molecule has 1 fully saturated rings. The van der Waals surface area contributed by atoms with Gasteiger partial charge in [0.1, 0.15) is 11.0 Å². The van der Waals surface area contributed by atoms with E-state index in [-0.39, 0.29) is 5.91 Å². The monoisotopic (exact) mass is 340 g/mol. The van der Waals surface area contributed by atoms with Gasteiger partial charge in [0.2, 0.25) is 5.91 Å². The molecule has 0 aliphatic carbocycles. The van der Waals surface area contributed by atoms with Crippen LogP contribution in [0.2, 0.25) is 5.15 Å². The molecule has 0 bridgehead atoms. The number of rotatable bonds is 7. The van der Waals surface area contributed by atoms with Crippen molar-refractivity contribution in [3.63, 3.8) is 0 Å². The average Bonchev–Trinajstić information content (AvgIpc) is 2.90. The molecule has 1 unspecified atom stereocenters. The smallest absolute Gasteiger partial charge is 0.223 e. The Kier molecular flexibility index (Phi) is 6.90. The lowest BCUT2D eigenvalue weighted by Crippen LogP contribution is -2.47. The number of aromatic nitrogens is 2. The molecule has 1 aromatic heterocycles. The Morgan fingerprint density at radius 1 is 1.48 bits per heavy atom. The van der Waals surface area contributed by atoms with Gasteiger partial charge in [-0.25, -0.2) is 4.98 Å². The number of hydrogen-bond donors (Lipinski definition) is 0. The highest BCUT2D eigenvalue weighted by atomic mass is 35.5. The number of carbonyl (C=O) groups excluding carboxylic acids is 1. The molecule has 1 aliphatic heterocycles. The molecule has 0 aromatic carbocycles. The molecule has 6 heteroatoms. The van der Waals surface area contributed by atoms with Crippen LogP contribution in [-0.4, -0.2) is 58.5 Å². The summed E-state index contributed by atoms with van der Waals surface area (Å²) in [5.74, 6) is 1.16. The molecule has 0 saturated carbocycles. The van der Waals surface area contributed by atoms with Crippen molar-refractivity contribution in [2.75, 3.05) is 27.2 Å². The summed E-state index contributed by atoms with van der Waals surface area (Å²) in [7, 11) is 4.18. The van der Waals surface area contributed by atoms with E-state index in [0.29, 0.717) is 24.0 Å². The minimum atomic E-state index is 0.234. The van der Waals surface area contributed by atoms with Crippen LogP contribution in [0.1, 0.15) is 44.9 Å². The second-order valence-corrected chi connectivity index (χ2v) is 6.99. The Labute approximate surface area is 144 Å². The summed E-state index contributed by atoms with van der Waals surface area (Å²) in [4.78, 5) is 21.1. The third kappa shape index (κ3) is 4.95. The van der Waals surface area contributed by atoms with E-state index in [2.05, 4.69) is 30.9 Å². The van der Waals surface area contributed by atoms with E-state index in [1.54, 1.807) is 6.20 Å². The van der Waals surface area contributed by atoms with Crippen molar-refractivity contribution in [3.05, 3.63) is 17.2 Å². The van der Waals surface area contributed by atoms with Gasteiger partial charge in [0.25, 0.3) is 0 Å². The highest BCUT2D eigenvalue weighted by molar-refractivity contribution is 6.29. The van der Waals surface area contributed by atoms with E-state index in [0.717, 1.165) is 44.7 Å². The Morgan fingerprint density at radius 2 is 2.26 bits per heavy atom. The zero-order valence-corrected chi connectivity index (χ0v) is 15.3. The fourth-order valence-corrected chi connectivity index (χ4v) is 3.35. The predicted octanol–water partition coefficient (Wildman–Crippen LogP) is 2.82. The van der Waals surface area contributed by atoms with Gasteiger partial charge in [0, 0.05) is 38.5 Å². The van der Waals surface area contributed by atoms with Gasteiger partial charge in [-0.15, -0.1) is 0 Å². The topological polar surface area (TPSA) is 41.4 Å². The Hall–Kier alpha value is -1.07. The van der Waals surface area contributed by atoms with Crippen molar-refractivity contribution in [2.24, 2.45) is 0 Å². The maximum Gasteiger partial charge on any atom is 0.223 e. The van der Waals surface area contributed by atoms with Gasteiger partial charge in [-0.05, 0) is 33.4 Å². The van der Waals surface area contributed by atoms with Crippen LogP contribution < -0.4 is 0 Å². The van der Waals surface area contributed by atoms with Crippen molar-refractivity contribution in [2.45, 2.75) is 58.0 Å². The molecule has 1 aromatic rings. The molecule has 1 saturated heterocycles. The number of halogens is 1. The first-order valence-corrected chi connectivity index (χ1v) is 9.04. The number of unbranched alkanes of at least 4 members (excludes halogenated alkanes) is 1. The molecule has 1 aliphatic rings. The maximum atomic E-state index is 12.5. The lowest BCUT2D eigenvalue weighted by molar-refractivity contribution is -0.133. The number of likely N-dealkylation sites (N-methyl/N-ethyl adjacent to an activating group) is 1. The summed E-state index contributed by atoms with van der Waals surface area (Å²) >= 11 is 6.20. The van der Waals surface area contributed by atoms with Crippen LogP contribution in [0.3, 0.4) is 0 Å². The molecule has 5 nitrogen and oxygen atoms in total. The summed E-state index contributed by atoms with van der Waals surface area (Å²) in [6.45, 7) is 4.77. The number of nitrogens with zero attached hydrogens (tertiary/aromatic N) is 4. The first kappa shape index (κ1) is 18.3. The van der Waals surface area contributed by atoms with Gasteiger partial charge in [-0.1, -0.05) is 24.9 Å². The van der Waals surface area contributed by atoms with Gasteiger partial charge in [0.05, 0.1) is 6.20 Å². The van der Waals surface area contributed by atoms with E-state index in [4.69, 9.17) is 11.6 Å². The zero-order valence-electron chi connectivity index (χ0n) is 14.6. The van der Waals surface area contributed by atoms with Gasteiger partial charge in [-0.3, -0.25) is 4.79 Å². The molecule has 1 atom stereocenters. The van der Waals surface area contributed by atoms with Crippen LogP contribution in [0.25, 0.3) is 0 Å². The summed E-state index contributed by atoms with van der Waals surface area (Å²) in [6, 6.07) is 0.480. The molecular formula is C17H29ClN4O. The van der Waals surface area contributed by atoms with Crippen molar-refractivity contribution in [1.82, 2.24) is 19.4 Å². The van der Waals surface area contributed by atoms with Crippen LogP contribution in [0.15, 0.2) is 6.20 Å². The maximum absolute atomic E-state index is 12.5. The van der Waals surface area contributed by atoms with Gasteiger partial charge < -0.3 is 14.4 Å². The average molecular weight is 341 g/mol. The molecule has 0 N–H and O–H groups in total. The Morgan fingerprint density at radius 3 is 2.96 bits per heavy atom. The number of carbonyl (C=O) groups is 1. The van der Waals surface area contributed by atoms with E-state index in [1.165, 1.54) is 6.42 Å². The molecule has 1 amide bonds. The zero-order chi connectivity index (χ0) is 16.8. The van der Waals surface area contributed by atoms with E-state index in [9.17, 15) is 4.79 Å². The fraction of sp³-hybridized carbons (Fsp3) is 0.765. The van der Waals surface area contributed by atoms with E-state index in [1.807, 2.05) is 9.47 Å². The van der Waals surface area contributed by atoms with Gasteiger partial charge in [0.15, 0.2) is 0 Å². The van der Waals surface area contributed by atoms with Gasteiger partial charge >= 0.3 is 0 Å². The number of hydrogen-bond acceptors (Lipinski definition) is 3. The van der Waals surface area contributed by atoms with Gasteiger partial charge in [-0.2, -0.15) is 0 Å². The molecular weight excluding hydrogens is 312 g/mol. The quantitative estimate of drug-likeness (QED) is 0.766. The first-order chi connectivity index (χ1) is 11.0. The lowest BCUT2D eigenvalue weighted by Gasteiger charge is -2.36. The van der Waals surface area contributed by atoms with Crippen molar-refractivity contribution in [1.29, 1.82) is 0 Å². The van der Waals surface area contributed by atoms with Crippen LogP contribution in [0, 0.1) is 0 Å². The van der Waals surface area contributed by atoms with Crippen LogP contribution >= 0.6 is 11.6 Å². The van der Waals surface area contributed by atoms with Crippen LogP contribution in [-0.2, 0) is 17.8 Å². The second kappa shape index (κ2) is 8.69. The highest BCUT2D eigenvalue weighted by Crippen LogP contribution is 2.17. The lowest BCUT2D eigenvalue weighted by atomic mass is 10.0. The SMILES string of the molecule is CCCCn1c(Cl)cnc1CCC(=O)N1CCCC(N(C)C)C1. The molecule has 130 valence electrons. The molecule has 23 heavy (non-hydrogen) atoms. The molecule has 0 radical (unpaired) electrons. The van der Waals surface area contributed by atoms with Crippen molar-refractivity contribution < 1.29 is 4.79 Å². The number of piperidine rings is 1. The van der Waals surface area contributed by atoms with E-state index >= 15 is 0 Å². The predicted molar refractivity (Wildman–Crippen MR) is 93.8 cm³/mol. The number of amides is 1. The largest absolute Gasteiger partial charge is 0.341 e. The number of likely N-dealkylation sites (tertiary alicyclic amines) is 1. The minimum absolute atomic E-state index is 0.234. The second-order valence-electron chi connectivity index (χ2n) is 6.60. The standard InChI is InChI=1S/C17H29ClN4O/c1-4-5-11-22-15(18)12-19-16(22)8-9-17(23)21-10-6-7-14(13-21)20(2)3/h12,14H,4-11,13H2,1-3H3. The summed E-state index contributed by atoms with van der Waals surface area (Å²) in [5.41, 5.74) is 0. The fourth-order valence-electron chi connectivity index (χ4n) is 3.12. The summed E-state index contributed by atoms with van der Waals surface area (Å²) in [5, 5.41) is 0.673. The summed E-state index contributed by atoms with van der Waals surface area (Å²) < 4.78 is 2.04. The minimum Gasteiger partial charge on any atom is -0.341 e. The molecule has 0 spiro atoms. The van der Waals surface area contributed by atoms with Crippen molar-refractivity contribution >= 4 is 17.5 Å². The highest BCUT2D eigenvalue weighted by Gasteiger charge is 2.24. The van der Waals surface area contributed by atoms with Crippen LogP contribution in [0.4, 0.5) is 0 Å². The number of imidazole rings is 1. The third-order valence-corrected chi connectivity index (χ3v) is 4.97. The van der Waals surface area contributed by atoms with Crippen LogP contribution in [0.5, 0.6) is 0 Å². The summed E-state index contributed by atoms with van der Waals surface area (Å²) in [6.07, 6.45) is 7.33. The third-order valence-electron chi connectivity index (χ3n) is 4.67. The first-order valence-electron chi connectivity index (χ1n) is 8.67. The number of aryl methyl sites for hydroxylation is 1. The normalized spacial score (nSPS) is 18.7.